The lowest BCUT2D eigenvalue weighted by atomic mass is 10.1. The van der Waals surface area contributed by atoms with Crippen LogP contribution in [-0.2, 0) is 0 Å². The minimum Gasteiger partial charge on any atom is -0.330 e. The fraction of sp³-hybridized carbons (Fsp3) is 1.00. The Hall–Kier alpha value is -0.0400. The Morgan fingerprint density at radius 3 is 1.46 bits per heavy atom. The molecule has 0 bridgehead atoms. The molecule has 0 aromatic heterocycles. The van der Waals surface area contributed by atoms with E-state index in [1.54, 1.807) is 0 Å². The monoisotopic (exact) mass is 187 g/mol. The van der Waals surface area contributed by atoms with E-state index in [1.807, 2.05) is 13.8 Å². The SMILES string of the molecule is CC.CCCCCCCCCCN. The zero-order valence-corrected chi connectivity index (χ0v) is 9.94. The molecule has 2 N–H and O–H groups in total. The van der Waals surface area contributed by atoms with Crippen molar-refractivity contribution in [1.82, 2.24) is 0 Å². The Morgan fingerprint density at radius 2 is 1.08 bits per heavy atom. The van der Waals surface area contributed by atoms with Crippen molar-refractivity contribution in [2.24, 2.45) is 5.73 Å². The van der Waals surface area contributed by atoms with Gasteiger partial charge in [0.2, 0.25) is 0 Å². The molecule has 0 aromatic carbocycles. The van der Waals surface area contributed by atoms with Gasteiger partial charge in [-0.2, -0.15) is 0 Å². The third kappa shape index (κ3) is 18.7. The first-order valence-corrected chi connectivity index (χ1v) is 6.12. The predicted octanol–water partition coefficient (Wildman–Crippen LogP) is 4.11. The molecular formula is C12H29N. The van der Waals surface area contributed by atoms with Crippen molar-refractivity contribution in [3.63, 3.8) is 0 Å². The van der Waals surface area contributed by atoms with Crippen molar-refractivity contribution in [2.75, 3.05) is 6.54 Å². The van der Waals surface area contributed by atoms with E-state index in [0.717, 1.165) is 6.54 Å². The van der Waals surface area contributed by atoms with E-state index in [-0.39, 0.29) is 0 Å². The molecule has 1 heteroatoms. The molecule has 0 fully saturated rings. The van der Waals surface area contributed by atoms with E-state index in [4.69, 9.17) is 5.73 Å². The predicted molar refractivity (Wildman–Crippen MR) is 63.0 cm³/mol. The minimum atomic E-state index is 0.870. The quantitative estimate of drug-likeness (QED) is 0.569. The Bertz CT molecular complexity index is 54.1. The largest absolute Gasteiger partial charge is 0.330 e. The highest BCUT2D eigenvalue weighted by Gasteiger charge is 1.89. The second-order valence-electron chi connectivity index (χ2n) is 3.26. The molecule has 0 spiro atoms. The third-order valence-electron chi connectivity index (χ3n) is 2.06. The first-order chi connectivity index (χ1) is 6.41. The van der Waals surface area contributed by atoms with E-state index in [9.17, 15) is 0 Å². The van der Waals surface area contributed by atoms with E-state index in [1.165, 1.54) is 51.4 Å². The van der Waals surface area contributed by atoms with Gasteiger partial charge in [0.25, 0.3) is 0 Å². The van der Waals surface area contributed by atoms with Crippen molar-refractivity contribution in [2.45, 2.75) is 72.1 Å². The number of nitrogens with two attached hydrogens (primary N) is 1. The third-order valence-corrected chi connectivity index (χ3v) is 2.06. The first-order valence-electron chi connectivity index (χ1n) is 6.12. The van der Waals surface area contributed by atoms with E-state index in [2.05, 4.69) is 6.92 Å². The van der Waals surface area contributed by atoms with Crippen LogP contribution in [0.2, 0.25) is 0 Å². The number of unbranched alkanes of at least 4 members (excludes halogenated alkanes) is 7. The molecule has 0 rings (SSSR count). The molecule has 0 unspecified atom stereocenters. The van der Waals surface area contributed by atoms with Gasteiger partial charge in [-0.1, -0.05) is 65.7 Å². The molecule has 82 valence electrons. The maximum atomic E-state index is 5.39. The van der Waals surface area contributed by atoms with Crippen LogP contribution in [0, 0.1) is 0 Å². The van der Waals surface area contributed by atoms with Crippen molar-refractivity contribution in [1.29, 1.82) is 0 Å². The summed E-state index contributed by atoms with van der Waals surface area (Å²) in [5.41, 5.74) is 5.39. The highest BCUT2D eigenvalue weighted by molar-refractivity contribution is 4.45. The summed E-state index contributed by atoms with van der Waals surface area (Å²) >= 11 is 0. The molecular weight excluding hydrogens is 158 g/mol. The second-order valence-corrected chi connectivity index (χ2v) is 3.26. The fourth-order valence-corrected chi connectivity index (χ4v) is 1.28. The summed E-state index contributed by atoms with van der Waals surface area (Å²) in [6.45, 7) is 7.13. The molecule has 13 heavy (non-hydrogen) atoms. The summed E-state index contributed by atoms with van der Waals surface area (Å²) in [5, 5.41) is 0. The van der Waals surface area contributed by atoms with Gasteiger partial charge in [0.15, 0.2) is 0 Å². The Labute approximate surface area is 85.1 Å². The number of rotatable bonds is 8. The van der Waals surface area contributed by atoms with Crippen molar-refractivity contribution in [3.05, 3.63) is 0 Å². The smallest absolute Gasteiger partial charge is 0.00773 e. The average molecular weight is 187 g/mol. The molecule has 0 amide bonds. The van der Waals surface area contributed by atoms with Crippen LogP contribution in [0.5, 0.6) is 0 Å². The Balaban J connectivity index is 0. The van der Waals surface area contributed by atoms with Crippen molar-refractivity contribution >= 4 is 0 Å². The lowest BCUT2D eigenvalue weighted by Crippen LogP contribution is -1.97. The van der Waals surface area contributed by atoms with Gasteiger partial charge < -0.3 is 5.73 Å². The molecule has 0 aliphatic heterocycles. The van der Waals surface area contributed by atoms with Crippen LogP contribution >= 0.6 is 0 Å². The van der Waals surface area contributed by atoms with Crippen LogP contribution in [0.3, 0.4) is 0 Å². The van der Waals surface area contributed by atoms with Gasteiger partial charge in [0, 0.05) is 0 Å². The van der Waals surface area contributed by atoms with Gasteiger partial charge in [-0.25, -0.2) is 0 Å². The Kier molecular flexibility index (Phi) is 21.2. The van der Waals surface area contributed by atoms with Gasteiger partial charge in [-0.3, -0.25) is 0 Å². The van der Waals surface area contributed by atoms with E-state index < -0.39 is 0 Å². The van der Waals surface area contributed by atoms with Gasteiger partial charge >= 0.3 is 0 Å². The zero-order valence-electron chi connectivity index (χ0n) is 9.94. The second kappa shape index (κ2) is 17.9. The summed E-state index contributed by atoms with van der Waals surface area (Å²) in [4.78, 5) is 0. The van der Waals surface area contributed by atoms with E-state index in [0.29, 0.717) is 0 Å². The van der Waals surface area contributed by atoms with Gasteiger partial charge in [0.1, 0.15) is 0 Å². The molecule has 0 radical (unpaired) electrons. The van der Waals surface area contributed by atoms with Gasteiger partial charge in [-0.15, -0.1) is 0 Å². The normalized spacial score (nSPS) is 9.23. The average Bonchev–Trinajstić information content (AvgIpc) is 2.20. The maximum absolute atomic E-state index is 5.39. The van der Waals surface area contributed by atoms with Crippen LogP contribution in [0.25, 0.3) is 0 Å². The molecule has 1 nitrogen and oxygen atoms in total. The van der Waals surface area contributed by atoms with Crippen LogP contribution < -0.4 is 5.73 Å². The number of hydrogen-bond acceptors (Lipinski definition) is 1. The molecule has 0 aliphatic carbocycles. The minimum absolute atomic E-state index is 0.870. The first kappa shape index (κ1) is 15.4. The summed E-state index contributed by atoms with van der Waals surface area (Å²) in [7, 11) is 0. The van der Waals surface area contributed by atoms with Gasteiger partial charge in [-0.05, 0) is 13.0 Å². The highest BCUT2D eigenvalue weighted by atomic mass is 14.5. The molecule has 0 aromatic rings. The highest BCUT2D eigenvalue weighted by Crippen LogP contribution is 2.07. The summed E-state index contributed by atoms with van der Waals surface area (Å²) in [6.07, 6.45) is 11.0. The van der Waals surface area contributed by atoms with E-state index >= 15 is 0 Å². The standard InChI is InChI=1S/C10H23N.C2H6/c1-2-3-4-5-6-7-8-9-10-11;1-2/h2-11H2,1H3;1-2H3. The lowest BCUT2D eigenvalue weighted by Gasteiger charge is -1.99. The van der Waals surface area contributed by atoms with Crippen LogP contribution in [0.15, 0.2) is 0 Å². The van der Waals surface area contributed by atoms with Crippen LogP contribution in [0.1, 0.15) is 72.1 Å². The van der Waals surface area contributed by atoms with Crippen LogP contribution in [0.4, 0.5) is 0 Å². The fourth-order valence-electron chi connectivity index (χ4n) is 1.28. The Morgan fingerprint density at radius 1 is 0.692 bits per heavy atom. The summed E-state index contributed by atoms with van der Waals surface area (Å²) in [5.74, 6) is 0. The molecule has 0 heterocycles. The lowest BCUT2D eigenvalue weighted by molar-refractivity contribution is 0.578. The summed E-state index contributed by atoms with van der Waals surface area (Å²) in [6, 6.07) is 0. The van der Waals surface area contributed by atoms with Crippen molar-refractivity contribution < 1.29 is 0 Å². The molecule has 0 aliphatic rings. The zero-order chi connectivity index (χ0) is 10.4. The topological polar surface area (TPSA) is 26.0 Å². The molecule has 0 saturated carbocycles. The maximum Gasteiger partial charge on any atom is -0.00773 e. The molecule has 0 saturated heterocycles. The van der Waals surface area contributed by atoms with Crippen LogP contribution in [-0.4, -0.2) is 6.54 Å². The van der Waals surface area contributed by atoms with Gasteiger partial charge in [0.05, 0.1) is 0 Å². The van der Waals surface area contributed by atoms with Crippen molar-refractivity contribution in [3.8, 4) is 0 Å². The molecule has 0 atom stereocenters. The number of hydrogen-bond donors (Lipinski definition) is 1. The summed E-state index contributed by atoms with van der Waals surface area (Å²) < 4.78 is 0.